The minimum atomic E-state index is -0.433. The van der Waals surface area contributed by atoms with Gasteiger partial charge in [-0.05, 0) is 36.1 Å². The molecule has 0 aliphatic carbocycles. The number of nitrogens with one attached hydrogen (secondary N) is 1. The molecule has 2 heterocycles. The van der Waals surface area contributed by atoms with Crippen LogP contribution in [0.3, 0.4) is 0 Å². The zero-order valence-corrected chi connectivity index (χ0v) is 13.8. The third-order valence-corrected chi connectivity index (χ3v) is 4.72. The van der Waals surface area contributed by atoms with E-state index in [4.69, 9.17) is 9.47 Å². The van der Waals surface area contributed by atoms with Gasteiger partial charge >= 0.3 is 5.69 Å². The zero-order valence-electron chi connectivity index (χ0n) is 13.0. The smallest absolute Gasteiger partial charge is 0.329 e. The zero-order chi connectivity index (χ0) is 16.6. The molecule has 1 N–H and O–H groups in total. The number of hydrogen-bond acceptors (Lipinski definition) is 5. The molecule has 2 aromatic heterocycles. The second kappa shape index (κ2) is 5.92. The maximum absolute atomic E-state index is 12.6. The quantitative estimate of drug-likeness (QED) is 0.796. The molecule has 0 saturated heterocycles. The van der Waals surface area contributed by atoms with Crippen molar-refractivity contribution in [3.63, 3.8) is 0 Å². The molecule has 0 spiro atoms. The van der Waals surface area contributed by atoms with Gasteiger partial charge in [0.15, 0.2) is 11.5 Å². The average molecular weight is 332 g/mol. The molecule has 0 saturated carbocycles. The minimum Gasteiger partial charge on any atom is -0.493 e. The van der Waals surface area contributed by atoms with Crippen LogP contribution in [0, 0.1) is 0 Å². The van der Waals surface area contributed by atoms with Crippen LogP contribution in [0.4, 0.5) is 0 Å². The molecule has 23 heavy (non-hydrogen) atoms. The second-order valence-corrected chi connectivity index (χ2v) is 5.98. The van der Waals surface area contributed by atoms with Crippen molar-refractivity contribution in [2.45, 2.75) is 13.0 Å². The van der Waals surface area contributed by atoms with E-state index in [2.05, 4.69) is 4.98 Å². The summed E-state index contributed by atoms with van der Waals surface area (Å²) in [7, 11) is 3.10. The number of H-pyrrole nitrogens is 1. The topological polar surface area (TPSA) is 73.3 Å². The Morgan fingerprint density at radius 2 is 1.87 bits per heavy atom. The van der Waals surface area contributed by atoms with Gasteiger partial charge in [0.2, 0.25) is 0 Å². The summed E-state index contributed by atoms with van der Waals surface area (Å²) in [5.74, 6) is 1.15. The second-order valence-electron chi connectivity index (χ2n) is 5.06. The lowest BCUT2D eigenvalue weighted by Crippen LogP contribution is -2.37. The van der Waals surface area contributed by atoms with Crippen molar-refractivity contribution in [1.29, 1.82) is 0 Å². The van der Waals surface area contributed by atoms with Crippen LogP contribution in [0.2, 0.25) is 0 Å². The molecule has 1 aromatic carbocycles. The number of fused-ring (bicyclic) bond motifs is 1. The number of hydrogen-bond donors (Lipinski definition) is 1. The van der Waals surface area contributed by atoms with Crippen molar-refractivity contribution in [3.05, 3.63) is 56.0 Å². The highest BCUT2D eigenvalue weighted by atomic mass is 32.1. The minimum absolute atomic E-state index is 0.291. The van der Waals surface area contributed by atoms with E-state index < -0.39 is 11.7 Å². The number of nitrogens with zero attached hydrogens (tertiary/aromatic N) is 1. The molecule has 1 unspecified atom stereocenters. The number of rotatable bonds is 4. The van der Waals surface area contributed by atoms with E-state index >= 15 is 0 Å². The van der Waals surface area contributed by atoms with E-state index in [-0.39, 0.29) is 5.56 Å². The van der Waals surface area contributed by atoms with Gasteiger partial charge in [0.05, 0.1) is 25.8 Å². The fraction of sp³-hybridized carbons (Fsp3) is 0.250. The van der Waals surface area contributed by atoms with Crippen molar-refractivity contribution in [3.8, 4) is 11.5 Å². The molecule has 0 radical (unpaired) electrons. The first-order chi connectivity index (χ1) is 11.1. The lowest BCUT2D eigenvalue weighted by atomic mass is 10.1. The van der Waals surface area contributed by atoms with E-state index in [0.717, 1.165) is 5.56 Å². The third-order valence-electron chi connectivity index (χ3n) is 3.82. The molecule has 0 amide bonds. The number of methoxy groups -OCH3 is 2. The van der Waals surface area contributed by atoms with E-state index in [0.29, 0.717) is 21.7 Å². The monoisotopic (exact) mass is 332 g/mol. The Balaban J connectivity index is 2.15. The normalized spacial score (nSPS) is 12.3. The molecule has 120 valence electrons. The highest BCUT2D eigenvalue weighted by molar-refractivity contribution is 7.17. The molecule has 0 aliphatic rings. The Bertz CT molecular complexity index is 970. The largest absolute Gasteiger partial charge is 0.493 e. The van der Waals surface area contributed by atoms with Crippen LogP contribution in [-0.4, -0.2) is 23.8 Å². The average Bonchev–Trinajstić information content (AvgIpc) is 3.02. The number of ether oxygens (including phenoxy) is 2. The molecule has 3 rings (SSSR count). The van der Waals surface area contributed by atoms with Gasteiger partial charge in [-0.3, -0.25) is 9.36 Å². The van der Waals surface area contributed by atoms with Crippen molar-refractivity contribution in [2.75, 3.05) is 14.2 Å². The van der Waals surface area contributed by atoms with Crippen LogP contribution in [0.25, 0.3) is 10.2 Å². The van der Waals surface area contributed by atoms with Crippen LogP contribution in [-0.2, 0) is 0 Å². The van der Waals surface area contributed by atoms with Crippen molar-refractivity contribution >= 4 is 21.6 Å². The van der Waals surface area contributed by atoms with E-state index in [1.54, 1.807) is 44.7 Å². The summed E-state index contributed by atoms with van der Waals surface area (Å²) in [6.45, 7) is 1.80. The van der Waals surface area contributed by atoms with Gasteiger partial charge in [0.25, 0.3) is 5.56 Å². The Morgan fingerprint density at radius 3 is 2.57 bits per heavy atom. The summed E-state index contributed by atoms with van der Waals surface area (Å²) in [5.41, 5.74) is 0.635. The molecular weight excluding hydrogens is 316 g/mol. The van der Waals surface area contributed by atoms with Gasteiger partial charge in [-0.15, -0.1) is 11.3 Å². The van der Waals surface area contributed by atoms with Crippen LogP contribution in [0.15, 0.2) is 39.2 Å². The van der Waals surface area contributed by atoms with Gasteiger partial charge in [0.1, 0.15) is 4.70 Å². The Labute approximate surface area is 135 Å². The fourth-order valence-electron chi connectivity index (χ4n) is 2.56. The summed E-state index contributed by atoms with van der Waals surface area (Å²) in [4.78, 5) is 27.6. The molecule has 0 bridgehead atoms. The molecule has 6 nitrogen and oxygen atoms in total. The first-order valence-corrected chi connectivity index (χ1v) is 7.88. The number of benzene rings is 1. The highest BCUT2D eigenvalue weighted by Crippen LogP contribution is 2.30. The molecule has 3 aromatic rings. The van der Waals surface area contributed by atoms with Crippen molar-refractivity contribution in [1.82, 2.24) is 9.55 Å². The Morgan fingerprint density at radius 1 is 1.13 bits per heavy atom. The molecule has 7 heteroatoms. The predicted molar refractivity (Wildman–Crippen MR) is 90.1 cm³/mol. The maximum atomic E-state index is 12.6. The van der Waals surface area contributed by atoms with Gasteiger partial charge in [-0.25, -0.2) is 4.79 Å². The maximum Gasteiger partial charge on any atom is 0.329 e. The van der Waals surface area contributed by atoms with Crippen molar-refractivity contribution < 1.29 is 9.47 Å². The lowest BCUT2D eigenvalue weighted by molar-refractivity contribution is 0.354. The number of aromatic amines is 1. The Hall–Kier alpha value is -2.54. The van der Waals surface area contributed by atoms with Gasteiger partial charge in [0, 0.05) is 0 Å². The predicted octanol–water partition coefficient (Wildman–Crippen LogP) is 2.38. The highest BCUT2D eigenvalue weighted by Gasteiger charge is 2.17. The van der Waals surface area contributed by atoms with Crippen molar-refractivity contribution in [2.24, 2.45) is 0 Å². The standard InChI is InChI=1S/C16H16N2O4S/c1-9(10-4-5-12(21-2)13(8-10)22-3)18-15(19)14-11(6-7-23-14)17-16(18)20/h4-9H,1-3H3,(H,17,20). The van der Waals surface area contributed by atoms with E-state index in [9.17, 15) is 9.59 Å². The van der Waals surface area contributed by atoms with E-state index in [1.807, 2.05) is 6.07 Å². The van der Waals surface area contributed by atoms with Crippen LogP contribution in [0.5, 0.6) is 11.5 Å². The summed E-state index contributed by atoms with van der Waals surface area (Å²) in [6, 6.07) is 6.64. The number of aromatic nitrogens is 2. The molecular formula is C16H16N2O4S. The van der Waals surface area contributed by atoms with Gasteiger partial charge in [-0.2, -0.15) is 0 Å². The summed E-state index contributed by atoms with van der Waals surface area (Å²) < 4.78 is 12.3. The molecule has 0 aliphatic heterocycles. The van der Waals surface area contributed by atoms with Crippen LogP contribution >= 0.6 is 11.3 Å². The molecule has 1 atom stereocenters. The SMILES string of the molecule is COc1ccc(C(C)n2c(=O)[nH]c3ccsc3c2=O)cc1OC. The third kappa shape index (κ3) is 2.53. The summed E-state index contributed by atoms with van der Waals surface area (Å²) in [6.07, 6.45) is 0. The summed E-state index contributed by atoms with van der Waals surface area (Å²) in [5, 5.41) is 1.79. The lowest BCUT2D eigenvalue weighted by Gasteiger charge is -2.16. The van der Waals surface area contributed by atoms with Gasteiger partial charge < -0.3 is 14.5 Å². The summed E-state index contributed by atoms with van der Waals surface area (Å²) >= 11 is 1.31. The Kier molecular flexibility index (Phi) is 3.96. The number of thiophene rings is 1. The van der Waals surface area contributed by atoms with Gasteiger partial charge in [-0.1, -0.05) is 6.07 Å². The first kappa shape index (κ1) is 15.4. The fourth-order valence-corrected chi connectivity index (χ4v) is 3.35. The molecule has 0 fully saturated rings. The first-order valence-electron chi connectivity index (χ1n) is 7.00. The van der Waals surface area contributed by atoms with E-state index in [1.165, 1.54) is 15.9 Å². The van der Waals surface area contributed by atoms with Crippen LogP contribution in [0.1, 0.15) is 18.5 Å². The van der Waals surface area contributed by atoms with Crippen LogP contribution < -0.4 is 20.7 Å².